The molecule has 1 aliphatic heterocycles. The second kappa shape index (κ2) is 2.91. The van der Waals surface area contributed by atoms with Crippen LogP contribution in [0.2, 0.25) is 0 Å². The fourth-order valence-electron chi connectivity index (χ4n) is 1.58. The van der Waals surface area contributed by atoms with E-state index in [1.165, 1.54) is 0 Å². The summed E-state index contributed by atoms with van der Waals surface area (Å²) in [5.41, 5.74) is 8.11. The number of hydrogen-bond acceptors (Lipinski definition) is 4. The van der Waals surface area contributed by atoms with Gasteiger partial charge in [0.15, 0.2) is 11.5 Å². The Labute approximate surface area is 85.8 Å². The van der Waals surface area contributed by atoms with Crippen molar-refractivity contribution in [2.24, 2.45) is 0 Å². The van der Waals surface area contributed by atoms with Crippen LogP contribution in [0, 0.1) is 0 Å². The minimum atomic E-state index is 0.275. The van der Waals surface area contributed by atoms with Gasteiger partial charge in [0, 0.05) is 5.56 Å². The third kappa shape index (κ3) is 1.20. The van der Waals surface area contributed by atoms with Crippen molar-refractivity contribution in [3.8, 4) is 22.8 Å². The highest BCUT2D eigenvalue weighted by molar-refractivity contribution is 5.73. The van der Waals surface area contributed by atoms with Gasteiger partial charge in [0.25, 0.3) is 0 Å². The van der Waals surface area contributed by atoms with Crippen LogP contribution < -0.4 is 15.2 Å². The maximum atomic E-state index is 5.75. The maximum absolute atomic E-state index is 5.75. The van der Waals surface area contributed by atoms with Crippen LogP contribution in [0.15, 0.2) is 24.4 Å². The molecule has 0 bridgehead atoms. The fraction of sp³-hybridized carbons (Fsp3) is 0.100. The molecular formula is C10H9N3O2. The van der Waals surface area contributed by atoms with Gasteiger partial charge in [-0.15, -0.1) is 0 Å². The molecule has 0 saturated heterocycles. The Hall–Kier alpha value is -2.17. The predicted molar refractivity (Wildman–Crippen MR) is 54.6 cm³/mol. The number of aromatic amines is 1. The lowest BCUT2D eigenvalue weighted by molar-refractivity contribution is 0.174. The van der Waals surface area contributed by atoms with E-state index in [-0.39, 0.29) is 6.79 Å². The Morgan fingerprint density at radius 1 is 1.27 bits per heavy atom. The van der Waals surface area contributed by atoms with E-state index in [0.29, 0.717) is 5.69 Å². The predicted octanol–water partition coefficient (Wildman–Crippen LogP) is 1.39. The van der Waals surface area contributed by atoms with Crippen LogP contribution in [-0.2, 0) is 0 Å². The average Bonchev–Trinajstić information content (AvgIpc) is 2.84. The molecule has 0 spiro atoms. The third-order valence-corrected chi connectivity index (χ3v) is 2.33. The first kappa shape index (κ1) is 8.16. The number of aromatic nitrogens is 2. The fourth-order valence-corrected chi connectivity index (χ4v) is 1.58. The number of hydrogen-bond donors (Lipinski definition) is 2. The number of nitrogen functional groups attached to an aromatic ring is 1. The molecule has 0 amide bonds. The zero-order valence-corrected chi connectivity index (χ0v) is 7.86. The van der Waals surface area contributed by atoms with Crippen molar-refractivity contribution in [3.05, 3.63) is 24.4 Å². The van der Waals surface area contributed by atoms with E-state index in [9.17, 15) is 0 Å². The molecule has 0 saturated carbocycles. The van der Waals surface area contributed by atoms with Crippen molar-refractivity contribution in [1.29, 1.82) is 0 Å². The lowest BCUT2D eigenvalue weighted by Gasteiger charge is -2.01. The van der Waals surface area contributed by atoms with Crippen LogP contribution in [0.25, 0.3) is 11.3 Å². The number of ether oxygens (including phenoxy) is 2. The normalized spacial score (nSPS) is 13.1. The molecule has 2 heterocycles. The molecular weight excluding hydrogens is 194 g/mol. The topological polar surface area (TPSA) is 73.2 Å². The molecule has 0 atom stereocenters. The highest BCUT2D eigenvalue weighted by Gasteiger charge is 2.15. The van der Waals surface area contributed by atoms with E-state index in [1.807, 2.05) is 18.2 Å². The standard InChI is InChI=1S/C10H9N3O2/c11-7-4-12-13-10(7)6-1-2-8-9(3-6)15-5-14-8/h1-4H,5,11H2,(H,12,13). The summed E-state index contributed by atoms with van der Waals surface area (Å²) in [6.45, 7) is 0.275. The van der Waals surface area contributed by atoms with Crippen LogP contribution in [0.5, 0.6) is 11.5 Å². The minimum Gasteiger partial charge on any atom is -0.454 e. The van der Waals surface area contributed by atoms with Crippen molar-refractivity contribution < 1.29 is 9.47 Å². The molecule has 0 radical (unpaired) electrons. The Morgan fingerprint density at radius 3 is 2.93 bits per heavy atom. The van der Waals surface area contributed by atoms with E-state index in [0.717, 1.165) is 22.8 Å². The van der Waals surface area contributed by atoms with Gasteiger partial charge in [-0.05, 0) is 18.2 Å². The highest BCUT2D eigenvalue weighted by Crippen LogP contribution is 2.36. The summed E-state index contributed by atoms with van der Waals surface area (Å²) in [6.07, 6.45) is 1.58. The quantitative estimate of drug-likeness (QED) is 0.734. The van der Waals surface area contributed by atoms with Gasteiger partial charge >= 0.3 is 0 Å². The van der Waals surface area contributed by atoms with Crippen molar-refractivity contribution in [1.82, 2.24) is 10.2 Å². The molecule has 2 aromatic rings. The van der Waals surface area contributed by atoms with Crippen LogP contribution in [0.4, 0.5) is 5.69 Å². The Balaban J connectivity index is 2.11. The summed E-state index contributed by atoms with van der Waals surface area (Å²) < 4.78 is 10.5. The second-order valence-corrected chi connectivity index (χ2v) is 3.27. The van der Waals surface area contributed by atoms with E-state index in [2.05, 4.69) is 10.2 Å². The SMILES string of the molecule is Nc1cn[nH]c1-c1ccc2c(c1)OCO2. The largest absolute Gasteiger partial charge is 0.454 e. The summed E-state index contributed by atoms with van der Waals surface area (Å²) in [5, 5.41) is 6.71. The van der Waals surface area contributed by atoms with Gasteiger partial charge in [-0.2, -0.15) is 5.10 Å². The highest BCUT2D eigenvalue weighted by atomic mass is 16.7. The minimum absolute atomic E-state index is 0.275. The van der Waals surface area contributed by atoms with Gasteiger partial charge in [0.2, 0.25) is 6.79 Å². The Bertz CT molecular complexity index is 507. The van der Waals surface area contributed by atoms with Gasteiger partial charge in [-0.25, -0.2) is 0 Å². The molecule has 15 heavy (non-hydrogen) atoms. The number of benzene rings is 1. The summed E-state index contributed by atoms with van der Waals surface area (Å²) in [5.74, 6) is 1.50. The number of nitrogens with one attached hydrogen (secondary N) is 1. The van der Waals surface area contributed by atoms with Gasteiger partial charge in [0.1, 0.15) is 0 Å². The average molecular weight is 203 g/mol. The smallest absolute Gasteiger partial charge is 0.231 e. The zero-order chi connectivity index (χ0) is 10.3. The van der Waals surface area contributed by atoms with Crippen LogP contribution in [-0.4, -0.2) is 17.0 Å². The van der Waals surface area contributed by atoms with Gasteiger partial charge < -0.3 is 15.2 Å². The van der Waals surface area contributed by atoms with E-state index < -0.39 is 0 Å². The van der Waals surface area contributed by atoms with Crippen LogP contribution in [0.1, 0.15) is 0 Å². The Kier molecular flexibility index (Phi) is 1.58. The van der Waals surface area contributed by atoms with Crippen molar-refractivity contribution in [3.63, 3.8) is 0 Å². The van der Waals surface area contributed by atoms with E-state index in [1.54, 1.807) is 6.20 Å². The summed E-state index contributed by atoms with van der Waals surface area (Å²) in [7, 11) is 0. The van der Waals surface area contributed by atoms with E-state index >= 15 is 0 Å². The van der Waals surface area contributed by atoms with Crippen molar-refractivity contribution >= 4 is 5.69 Å². The molecule has 3 rings (SSSR count). The number of H-pyrrole nitrogens is 1. The zero-order valence-electron chi connectivity index (χ0n) is 7.86. The second-order valence-electron chi connectivity index (χ2n) is 3.27. The van der Waals surface area contributed by atoms with E-state index in [4.69, 9.17) is 15.2 Å². The summed E-state index contributed by atoms with van der Waals surface area (Å²) >= 11 is 0. The first-order valence-electron chi connectivity index (χ1n) is 4.53. The summed E-state index contributed by atoms with van der Waals surface area (Å²) in [6, 6.07) is 5.65. The molecule has 0 aliphatic carbocycles. The van der Waals surface area contributed by atoms with Gasteiger partial charge in [-0.3, -0.25) is 5.10 Å². The molecule has 1 aromatic carbocycles. The molecule has 5 heteroatoms. The lowest BCUT2D eigenvalue weighted by Crippen LogP contribution is -1.92. The molecule has 0 unspecified atom stereocenters. The number of anilines is 1. The van der Waals surface area contributed by atoms with Crippen molar-refractivity contribution in [2.75, 3.05) is 12.5 Å². The lowest BCUT2D eigenvalue weighted by atomic mass is 10.1. The summed E-state index contributed by atoms with van der Waals surface area (Å²) in [4.78, 5) is 0. The number of rotatable bonds is 1. The Morgan fingerprint density at radius 2 is 2.13 bits per heavy atom. The molecule has 5 nitrogen and oxygen atoms in total. The monoisotopic (exact) mass is 203 g/mol. The molecule has 3 N–H and O–H groups in total. The molecule has 1 aliphatic rings. The number of fused-ring (bicyclic) bond motifs is 1. The third-order valence-electron chi connectivity index (χ3n) is 2.33. The molecule has 1 aromatic heterocycles. The van der Waals surface area contributed by atoms with Crippen LogP contribution >= 0.6 is 0 Å². The molecule has 76 valence electrons. The first-order valence-corrected chi connectivity index (χ1v) is 4.53. The maximum Gasteiger partial charge on any atom is 0.231 e. The molecule has 0 fully saturated rings. The van der Waals surface area contributed by atoms with Crippen LogP contribution in [0.3, 0.4) is 0 Å². The van der Waals surface area contributed by atoms with Gasteiger partial charge in [-0.1, -0.05) is 0 Å². The first-order chi connectivity index (χ1) is 7.34. The van der Waals surface area contributed by atoms with Crippen molar-refractivity contribution in [2.45, 2.75) is 0 Å². The number of nitrogens with two attached hydrogens (primary N) is 1. The van der Waals surface area contributed by atoms with Gasteiger partial charge in [0.05, 0.1) is 17.6 Å². The number of nitrogens with zero attached hydrogens (tertiary/aromatic N) is 1.